The Bertz CT molecular complexity index is 3720. The average Bonchev–Trinajstić information content (AvgIpc) is 4.03. The van der Waals surface area contributed by atoms with Crippen molar-refractivity contribution in [2.75, 3.05) is 4.90 Å². The Labute approximate surface area is 375 Å². The molecule has 0 saturated carbocycles. The Balaban J connectivity index is 1.02. The molecule has 2 aromatic heterocycles. The number of anilines is 3. The van der Waals surface area contributed by atoms with Gasteiger partial charge >= 0.3 is 0 Å². The van der Waals surface area contributed by atoms with E-state index in [4.69, 9.17) is 4.42 Å². The van der Waals surface area contributed by atoms with E-state index in [0.29, 0.717) is 0 Å². The minimum Gasteiger partial charge on any atom is -0.455 e. The molecule has 1 unspecified atom stereocenters. The third-order valence-electron chi connectivity index (χ3n) is 13.4. The molecule has 64 heavy (non-hydrogen) atoms. The van der Waals surface area contributed by atoms with E-state index in [1.165, 1.54) is 64.7 Å². The first kappa shape index (κ1) is 36.7. The van der Waals surface area contributed by atoms with Gasteiger partial charge in [-0.3, -0.25) is 0 Å². The highest BCUT2D eigenvalue weighted by molar-refractivity contribution is 7.25. The van der Waals surface area contributed by atoms with E-state index in [1.54, 1.807) is 0 Å². The summed E-state index contributed by atoms with van der Waals surface area (Å²) in [6, 6.07) is 86.7. The number of benzene rings is 10. The summed E-state index contributed by atoms with van der Waals surface area (Å²) in [5.74, 6) is 0. The predicted molar refractivity (Wildman–Crippen MR) is 269 cm³/mol. The van der Waals surface area contributed by atoms with Crippen LogP contribution in [0.15, 0.2) is 241 Å². The SMILES string of the molecule is c1ccc(-c2ccc(N(c3ccc(-c4cccc5c4oc4ccccc45)cc3)c3ccc4c(c3)C(c3ccccc3)(c3ccc5sc6ccccc6c5c3)c3ccccc3-4)cc2)cc1. The molecule has 300 valence electrons. The monoisotopic (exact) mass is 833 g/mol. The molecule has 2 heterocycles. The van der Waals surface area contributed by atoms with Crippen LogP contribution in [0.5, 0.6) is 0 Å². The molecule has 1 atom stereocenters. The Morgan fingerprint density at radius 3 is 1.75 bits per heavy atom. The molecule has 0 aliphatic heterocycles. The number of rotatable bonds is 7. The zero-order valence-corrected chi connectivity index (χ0v) is 35.6. The largest absolute Gasteiger partial charge is 0.455 e. The molecule has 0 fully saturated rings. The highest BCUT2D eigenvalue weighted by atomic mass is 32.1. The molecule has 1 aliphatic rings. The Hall–Kier alpha value is -7.98. The minimum absolute atomic E-state index is 0.571. The summed E-state index contributed by atoms with van der Waals surface area (Å²) in [4.78, 5) is 2.41. The second-order valence-electron chi connectivity index (χ2n) is 16.8. The number of nitrogens with zero attached hydrogens (tertiary/aromatic N) is 1. The van der Waals surface area contributed by atoms with Crippen molar-refractivity contribution in [3.63, 3.8) is 0 Å². The van der Waals surface area contributed by atoms with Gasteiger partial charge in [0.15, 0.2) is 0 Å². The molecule has 10 aromatic carbocycles. The fourth-order valence-corrected chi connectivity index (χ4v) is 11.6. The second-order valence-corrected chi connectivity index (χ2v) is 17.9. The average molecular weight is 834 g/mol. The lowest BCUT2D eigenvalue weighted by Gasteiger charge is -2.35. The van der Waals surface area contributed by atoms with Crippen molar-refractivity contribution in [2.24, 2.45) is 0 Å². The molecular weight excluding hydrogens is 795 g/mol. The highest BCUT2D eigenvalue weighted by Crippen LogP contribution is 2.58. The molecule has 1 aliphatic carbocycles. The van der Waals surface area contributed by atoms with Crippen molar-refractivity contribution in [1.82, 2.24) is 0 Å². The minimum atomic E-state index is -0.571. The third kappa shape index (κ3) is 5.58. The number of hydrogen-bond donors (Lipinski definition) is 0. The summed E-state index contributed by atoms with van der Waals surface area (Å²) >= 11 is 1.87. The van der Waals surface area contributed by atoms with Gasteiger partial charge in [0.05, 0.1) is 5.41 Å². The van der Waals surface area contributed by atoms with Crippen molar-refractivity contribution in [3.05, 3.63) is 259 Å². The lowest BCUT2D eigenvalue weighted by molar-refractivity contribution is 0.670. The van der Waals surface area contributed by atoms with Crippen LogP contribution in [0, 0.1) is 0 Å². The Kier molecular flexibility index (Phi) is 8.34. The molecule has 2 nitrogen and oxygen atoms in total. The summed E-state index contributed by atoms with van der Waals surface area (Å²) in [5.41, 5.74) is 16.7. The highest BCUT2D eigenvalue weighted by Gasteiger charge is 2.46. The molecule has 0 amide bonds. The maximum absolute atomic E-state index is 6.49. The van der Waals surface area contributed by atoms with Crippen molar-refractivity contribution >= 4 is 70.5 Å². The number of furan rings is 1. The standard InChI is InChI=1S/C61H39NOS/c1-3-14-40(15-4-1)41-26-31-45(32-27-41)62(46-33-28-42(29-34-46)48-21-13-22-53-51-19-8-11-24-57(51)63-60(48)53)47-35-36-50-49-18-7-10-23-55(49)61(56(50)39-47,43-16-5-2-6-17-43)44-30-37-59-54(38-44)52-20-9-12-25-58(52)64-59/h1-39H. The molecule has 13 rings (SSSR count). The number of hydrogen-bond acceptors (Lipinski definition) is 3. The normalized spacial score (nSPS) is 14.3. The van der Waals surface area contributed by atoms with Gasteiger partial charge in [-0.15, -0.1) is 11.3 Å². The summed E-state index contributed by atoms with van der Waals surface area (Å²) in [6.45, 7) is 0. The molecule has 0 radical (unpaired) electrons. The molecule has 0 spiro atoms. The van der Waals surface area contributed by atoms with Crippen LogP contribution in [0.1, 0.15) is 22.3 Å². The van der Waals surface area contributed by atoms with Crippen LogP contribution in [-0.4, -0.2) is 0 Å². The van der Waals surface area contributed by atoms with Gasteiger partial charge in [0, 0.05) is 53.6 Å². The van der Waals surface area contributed by atoms with Gasteiger partial charge in [0.2, 0.25) is 0 Å². The molecule has 0 saturated heterocycles. The quantitative estimate of drug-likeness (QED) is 0.159. The van der Waals surface area contributed by atoms with Crippen LogP contribution < -0.4 is 4.90 Å². The Morgan fingerprint density at radius 1 is 0.344 bits per heavy atom. The summed E-state index contributed by atoms with van der Waals surface area (Å²) < 4.78 is 9.11. The molecule has 0 N–H and O–H groups in total. The zero-order chi connectivity index (χ0) is 42.2. The van der Waals surface area contributed by atoms with Gasteiger partial charge in [-0.1, -0.05) is 176 Å². The van der Waals surface area contributed by atoms with Crippen molar-refractivity contribution in [3.8, 4) is 33.4 Å². The fourth-order valence-electron chi connectivity index (χ4n) is 10.5. The van der Waals surface area contributed by atoms with Crippen LogP contribution in [0.25, 0.3) is 75.5 Å². The maximum Gasteiger partial charge on any atom is 0.143 e. The first-order valence-corrected chi connectivity index (χ1v) is 22.7. The second kappa shape index (κ2) is 14.6. The molecule has 0 bridgehead atoms. The van der Waals surface area contributed by atoms with E-state index in [1.807, 2.05) is 23.5 Å². The van der Waals surface area contributed by atoms with E-state index in [9.17, 15) is 0 Å². The van der Waals surface area contributed by atoms with Crippen LogP contribution in [0.2, 0.25) is 0 Å². The van der Waals surface area contributed by atoms with Gasteiger partial charge in [-0.25, -0.2) is 0 Å². The lowest BCUT2D eigenvalue weighted by Crippen LogP contribution is -2.28. The van der Waals surface area contributed by atoms with Gasteiger partial charge in [0.25, 0.3) is 0 Å². The summed E-state index contributed by atoms with van der Waals surface area (Å²) in [5, 5.41) is 4.87. The van der Waals surface area contributed by atoms with Gasteiger partial charge in [-0.2, -0.15) is 0 Å². The molecule has 3 heteroatoms. The van der Waals surface area contributed by atoms with Crippen molar-refractivity contribution in [2.45, 2.75) is 5.41 Å². The summed E-state index contributed by atoms with van der Waals surface area (Å²) in [6.07, 6.45) is 0. The predicted octanol–water partition coefficient (Wildman–Crippen LogP) is 17.1. The van der Waals surface area contributed by atoms with Crippen LogP contribution in [0.4, 0.5) is 17.1 Å². The summed E-state index contributed by atoms with van der Waals surface area (Å²) in [7, 11) is 0. The van der Waals surface area contributed by atoms with Gasteiger partial charge < -0.3 is 9.32 Å². The van der Waals surface area contributed by atoms with Gasteiger partial charge in [-0.05, 0) is 111 Å². The topological polar surface area (TPSA) is 16.4 Å². The molecular formula is C61H39NOS. The number of para-hydroxylation sites is 2. The van der Waals surface area contributed by atoms with E-state index in [0.717, 1.165) is 50.1 Å². The lowest BCUT2D eigenvalue weighted by atomic mass is 9.67. The number of fused-ring (bicyclic) bond motifs is 9. The van der Waals surface area contributed by atoms with E-state index in [-0.39, 0.29) is 0 Å². The zero-order valence-electron chi connectivity index (χ0n) is 34.8. The molecule has 12 aromatic rings. The van der Waals surface area contributed by atoms with Crippen LogP contribution in [-0.2, 0) is 5.41 Å². The van der Waals surface area contributed by atoms with Crippen molar-refractivity contribution in [1.29, 1.82) is 0 Å². The van der Waals surface area contributed by atoms with E-state index >= 15 is 0 Å². The van der Waals surface area contributed by atoms with E-state index in [2.05, 4.69) is 229 Å². The maximum atomic E-state index is 6.49. The first-order valence-electron chi connectivity index (χ1n) is 21.9. The fraction of sp³-hybridized carbons (Fsp3) is 0.0164. The van der Waals surface area contributed by atoms with Crippen LogP contribution >= 0.6 is 11.3 Å². The van der Waals surface area contributed by atoms with E-state index < -0.39 is 5.41 Å². The van der Waals surface area contributed by atoms with Crippen molar-refractivity contribution < 1.29 is 4.42 Å². The Morgan fingerprint density at radius 2 is 0.938 bits per heavy atom. The first-order chi connectivity index (χ1) is 31.7. The third-order valence-corrected chi connectivity index (χ3v) is 14.5. The van der Waals surface area contributed by atoms with Crippen LogP contribution in [0.3, 0.4) is 0 Å². The van der Waals surface area contributed by atoms with Gasteiger partial charge in [0.1, 0.15) is 11.2 Å². The number of thiophene rings is 1. The smallest absolute Gasteiger partial charge is 0.143 e.